The maximum absolute atomic E-state index is 13.7. The average molecular weight is 354 g/mol. The molecule has 1 aromatic heterocycles. The van der Waals surface area contributed by atoms with Crippen LogP contribution in [0.15, 0.2) is 28.7 Å². The van der Waals surface area contributed by atoms with Crippen LogP contribution >= 0.6 is 50.5 Å². The molecule has 0 aliphatic heterocycles. The van der Waals surface area contributed by atoms with Crippen molar-refractivity contribution < 1.29 is 4.39 Å². The molecule has 0 radical (unpaired) electrons. The summed E-state index contributed by atoms with van der Waals surface area (Å²) in [6, 6.07) is 6.48. The number of alkyl halides is 1. The summed E-state index contributed by atoms with van der Waals surface area (Å²) in [6.07, 6.45) is 0. The standard InChI is InChI=1S/C12H8BrCl2FS/c1-6-7(13)5-10(17-6)12(15)11-8(14)3-2-4-9(11)16/h2-5,12H,1H3. The number of benzene rings is 1. The maximum atomic E-state index is 13.7. The van der Waals surface area contributed by atoms with E-state index in [1.54, 1.807) is 12.1 Å². The van der Waals surface area contributed by atoms with Gasteiger partial charge in [0, 0.05) is 24.8 Å². The Morgan fingerprint density at radius 3 is 2.65 bits per heavy atom. The van der Waals surface area contributed by atoms with Gasteiger partial charge in [-0.25, -0.2) is 4.39 Å². The molecule has 2 aromatic rings. The number of rotatable bonds is 2. The Kier molecular flexibility index (Phi) is 4.14. The van der Waals surface area contributed by atoms with E-state index in [0.29, 0.717) is 10.6 Å². The lowest BCUT2D eigenvalue weighted by atomic mass is 10.1. The number of hydrogen-bond donors (Lipinski definition) is 0. The molecule has 0 N–H and O–H groups in total. The van der Waals surface area contributed by atoms with Crippen molar-refractivity contribution in [3.63, 3.8) is 0 Å². The topological polar surface area (TPSA) is 0 Å². The fourth-order valence-corrected chi connectivity index (χ4v) is 3.80. The van der Waals surface area contributed by atoms with Gasteiger partial charge < -0.3 is 0 Å². The van der Waals surface area contributed by atoms with E-state index in [-0.39, 0.29) is 5.82 Å². The van der Waals surface area contributed by atoms with Crippen LogP contribution in [0.2, 0.25) is 5.02 Å². The van der Waals surface area contributed by atoms with Crippen LogP contribution in [-0.2, 0) is 0 Å². The van der Waals surface area contributed by atoms with Crippen LogP contribution in [0.5, 0.6) is 0 Å². The fraction of sp³-hybridized carbons (Fsp3) is 0.167. The van der Waals surface area contributed by atoms with Crippen molar-refractivity contribution in [2.75, 3.05) is 0 Å². The Balaban J connectivity index is 2.47. The van der Waals surface area contributed by atoms with Crippen LogP contribution in [0.3, 0.4) is 0 Å². The molecule has 0 fully saturated rings. The van der Waals surface area contributed by atoms with Gasteiger partial charge in [0.05, 0.1) is 5.38 Å². The molecule has 17 heavy (non-hydrogen) atoms. The van der Waals surface area contributed by atoms with Gasteiger partial charge in [-0.15, -0.1) is 22.9 Å². The molecule has 0 nitrogen and oxygen atoms in total. The molecule has 0 spiro atoms. The summed E-state index contributed by atoms with van der Waals surface area (Å²) >= 11 is 17.2. The number of thiophene rings is 1. The first-order valence-electron chi connectivity index (χ1n) is 4.84. The minimum Gasteiger partial charge on any atom is -0.207 e. The maximum Gasteiger partial charge on any atom is 0.129 e. The molecule has 5 heteroatoms. The monoisotopic (exact) mass is 352 g/mol. The smallest absolute Gasteiger partial charge is 0.129 e. The van der Waals surface area contributed by atoms with Gasteiger partial charge in [0.15, 0.2) is 0 Å². The lowest BCUT2D eigenvalue weighted by Crippen LogP contribution is -1.96. The summed E-state index contributed by atoms with van der Waals surface area (Å²) in [7, 11) is 0. The van der Waals surface area contributed by atoms with E-state index in [1.807, 2.05) is 13.0 Å². The molecule has 0 aliphatic rings. The van der Waals surface area contributed by atoms with Gasteiger partial charge in [-0.1, -0.05) is 17.7 Å². The highest BCUT2D eigenvalue weighted by molar-refractivity contribution is 9.10. The van der Waals surface area contributed by atoms with Gasteiger partial charge in [-0.05, 0) is 41.1 Å². The summed E-state index contributed by atoms with van der Waals surface area (Å²) < 4.78 is 14.7. The van der Waals surface area contributed by atoms with Crippen LogP contribution in [0.1, 0.15) is 20.7 Å². The Morgan fingerprint density at radius 1 is 1.41 bits per heavy atom. The van der Waals surface area contributed by atoms with Gasteiger partial charge in [0.2, 0.25) is 0 Å². The van der Waals surface area contributed by atoms with E-state index in [0.717, 1.165) is 14.2 Å². The quantitative estimate of drug-likeness (QED) is 0.586. The van der Waals surface area contributed by atoms with Crippen LogP contribution in [-0.4, -0.2) is 0 Å². The summed E-state index contributed by atoms with van der Waals surface area (Å²) in [6.45, 7) is 1.98. The average Bonchev–Trinajstić information content (AvgIpc) is 2.59. The lowest BCUT2D eigenvalue weighted by molar-refractivity contribution is 0.613. The third kappa shape index (κ3) is 2.68. The summed E-state index contributed by atoms with van der Waals surface area (Å²) in [5.74, 6) is -0.375. The van der Waals surface area contributed by atoms with Crippen molar-refractivity contribution in [2.24, 2.45) is 0 Å². The molecule has 1 unspecified atom stereocenters. The predicted octanol–water partition coefficient (Wildman–Crippen LogP) is 5.94. The molecule has 0 aliphatic carbocycles. The first-order chi connectivity index (χ1) is 8.00. The highest BCUT2D eigenvalue weighted by Gasteiger charge is 2.20. The van der Waals surface area contributed by atoms with Gasteiger partial charge in [0.25, 0.3) is 0 Å². The second kappa shape index (κ2) is 5.27. The Morgan fingerprint density at radius 2 is 2.12 bits per heavy atom. The van der Waals surface area contributed by atoms with Crippen molar-refractivity contribution >= 4 is 50.5 Å². The van der Waals surface area contributed by atoms with E-state index < -0.39 is 5.38 Å². The van der Waals surface area contributed by atoms with Crippen LogP contribution in [0.4, 0.5) is 4.39 Å². The molecule has 0 bridgehead atoms. The van der Waals surface area contributed by atoms with Crippen molar-refractivity contribution in [3.05, 3.63) is 54.9 Å². The molecule has 1 heterocycles. The third-order valence-corrected chi connectivity index (χ3v) is 5.49. The molecule has 1 aromatic carbocycles. The molecule has 0 saturated heterocycles. The highest BCUT2D eigenvalue weighted by Crippen LogP contribution is 2.40. The zero-order valence-electron chi connectivity index (χ0n) is 8.81. The third-order valence-electron chi connectivity index (χ3n) is 2.38. The van der Waals surface area contributed by atoms with E-state index in [9.17, 15) is 4.39 Å². The van der Waals surface area contributed by atoms with E-state index in [1.165, 1.54) is 17.4 Å². The van der Waals surface area contributed by atoms with E-state index in [4.69, 9.17) is 23.2 Å². The van der Waals surface area contributed by atoms with E-state index >= 15 is 0 Å². The van der Waals surface area contributed by atoms with Gasteiger partial charge >= 0.3 is 0 Å². The minimum absolute atomic E-state index is 0.338. The predicted molar refractivity (Wildman–Crippen MR) is 75.9 cm³/mol. The van der Waals surface area contributed by atoms with Crippen molar-refractivity contribution in [2.45, 2.75) is 12.3 Å². The SMILES string of the molecule is Cc1sc(C(Cl)c2c(F)cccc2Cl)cc1Br. The first-order valence-corrected chi connectivity index (χ1v) is 7.27. The van der Waals surface area contributed by atoms with Gasteiger partial charge in [-0.3, -0.25) is 0 Å². The Bertz CT molecular complexity index is 514. The largest absolute Gasteiger partial charge is 0.207 e. The van der Waals surface area contributed by atoms with Crippen LogP contribution < -0.4 is 0 Å². The summed E-state index contributed by atoms with van der Waals surface area (Å²) in [5, 5.41) is -0.203. The van der Waals surface area contributed by atoms with E-state index in [2.05, 4.69) is 15.9 Å². The molecule has 2 rings (SSSR count). The highest BCUT2D eigenvalue weighted by atomic mass is 79.9. The molecule has 90 valence electrons. The number of halogens is 4. The second-order valence-corrected chi connectivity index (χ2v) is 6.54. The normalized spacial score (nSPS) is 12.8. The van der Waals surface area contributed by atoms with Crippen molar-refractivity contribution in [1.29, 1.82) is 0 Å². The summed E-state index contributed by atoms with van der Waals surface area (Å²) in [4.78, 5) is 1.99. The zero-order valence-corrected chi connectivity index (χ0v) is 12.7. The fourth-order valence-electron chi connectivity index (χ4n) is 1.50. The van der Waals surface area contributed by atoms with Crippen molar-refractivity contribution in [1.82, 2.24) is 0 Å². The Labute approximate surface area is 121 Å². The summed E-state index contributed by atoms with van der Waals surface area (Å²) in [5.41, 5.74) is 0.338. The van der Waals surface area contributed by atoms with Crippen LogP contribution in [0, 0.1) is 12.7 Å². The molecular formula is C12H8BrCl2FS. The Hall–Kier alpha value is -0.0900. The van der Waals surface area contributed by atoms with Crippen LogP contribution in [0.25, 0.3) is 0 Å². The lowest BCUT2D eigenvalue weighted by Gasteiger charge is -2.10. The second-order valence-electron chi connectivity index (χ2n) is 3.55. The minimum atomic E-state index is -0.557. The molecule has 0 amide bonds. The van der Waals surface area contributed by atoms with Gasteiger partial charge in [-0.2, -0.15) is 0 Å². The molecule has 1 atom stereocenters. The van der Waals surface area contributed by atoms with Crippen molar-refractivity contribution in [3.8, 4) is 0 Å². The zero-order chi connectivity index (χ0) is 12.6. The molecular weight excluding hydrogens is 346 g/mol. The van der Waals surface area contributed by atoms with Gasteiger partial charge in [0.1, 0.15) is 5.82 Å². The molecule has 0 saturated carbocycles. The first kappa shape index (κ1) is 13.3. The number of hydrogen-bond acceptors (Lipinski definition) is 1. The number of aryl methyl sites for hydroxylation is 1.